The van der Waals surface area contributed by atoms with E-state index < -0.39 is 0 Å². The van der Waals surface area contributed by atoms with Gasteiger partial charge in [-0.2, -0.15) is 5.10 Å². The van der Waals surface area contributed by atoms with E-state index in [2.05, 4.69) is 15.4 Å². The number of carbonyl (C=O) groups is 2. The average molecular weight is 317 g/mol. The van der Waals surface area contributed by atoms with Crippen molar-refractivity contribution in [1.29, 1.82) is 0 Å². The Hall–Kier alpha value is -2.64. The van der Waals surface area contributed by atoms with Crippen molar-refractivity contribution in [2.45, 2.75) is 25.8 Å². The van der Waals surface area contributed by atoms with Gasteiger partial charge in [0.05, 0.1) is 12.8 Å². The van der Waals surface area contributed by atoms with E-state index in [1.165, 1.54) is 4.52 Å². The van der Waals surface area contributed by atoms with Crippen LogP contribution in [0, 0.1) is 0 Å². The summed E-state index contributed by atoms with van der Waals surface area (Å²) in [6.07, 6.45) is 4.33. The van der Waals surface area contributed by atoms with Crippen molar-refractivity contribution in [3.05, 3.63) is 30.2 Å². The summed E-state index contributed by atoms with van der Waals surface area (Å²) in [6, 6.07) is 3.42. The van der Waals surface area contributed by atoms with Gasteiger partial charge in [-0.05, 0) is 25.8 Å². The first-order valence-electron chi connectivity index (χ1n) is 7.70. The molecular formula is C15H19N5O3. The van der Waals surface area contributed by atoms with Crippen LogP contribution in [0.3, 0.4) is 0 Å². The van der Waals surface area contributed by atoms with Gasteiger partial charge in [-0.1, -0.05) is 0 Å². The normalized spacial score (nSPS) is 15.6. The fourth-order valence-corrected chi connectivity index (χ4v) is 2.69. The largest absolute Gasteiger partial charge is 0.450 e. The van der Waals surface area contributed by atoms with Gasteiger partial charge in [-0.15, -0.1) is 0 Å². The third-order valence-electron chi connectivity index (χ3n) is 3.88. The van der Waals surface area contributed by atoms with Crippen LogP contribution in [0.25, 0.3) is 5.65 Å². The molecule has 8 heteroatoms. The van der Waals surface area contributed by atoms with E-state index in [0.717, 1.165) is 0 Å². The van der Waals surface area contributed by atoms with Crippen LogP contribution in [0.1, 0.15) is 30.3 Å². The molecule has 0 bridgehead atoms. The number of fused-ring (bicyclic) bond motifs is 1. The van der Waals surface area contributed by atoms with Crippen molar-refractivity contribution in [2.24, 2.45) is 0 Å². The first-order chi connectivity index (χ1) is 11.2. The summed E-state index contributed by atoms with van der Waals surface area (Å²) in [7, 11) is 0. The van der Waals surface area contributed by atoms with Crippen molar-refractivity contribution in [3.63, 3.8) is 0 Å². The van der Waals surface area contributed by atoms with Gasteiger partial charge >= 0.3 is 6.09 Å². The smallest absolute Gasteiger partial charge is 0.409 e. The number of rotatable bonds is 3. The molecule has 3 rings (SSSR count). The molecule has 1 aliphatic rings. The summed E-state index contributed by atoms with van der Waals surface area (Å²) in [5.74, 6) is -0.185. The zero-order chi connectivity index (χ0) is 16.2. The molecule has 1 saturated heterocycles. The maximum absolute atomic E-state index is 12.4. The van der Waals surface area contributed by atoms with Gasteiger partial charge < -0.3 is 15.0 Å². The minimum Gasteiger partial charge on any atom is -0.450 e. The zero-order valence-corrected chi connectivity index (χ0v) is 12.9. The molecule has 0 aromatic carbocycles. The van der Waals surface area contributed by atoms with Crippen LogP contribution in [0.15, 0.2) is 24.5 Å². The molecule has 2 aromatic rings. The number of carbonyl (C=O) groups excluding carboxylic acids is 2. The van der Waals surface area contributed by atoms with Crippen LogP contribution in [0.5, 0.6) is 0 Å². The molecule has 0 radical (unpaired) electrons. The molecule has 1 fully saturated rings. The van der Waals surface area contributed by atoms with Crippen LogP contribution in [0.2, 0.25) is 0 Å². The van der Waals surface area contributed by atoms with E-state index in [-0.39, 0.29) is 18.0 Å². The second kappa shape index (κ2) is 6.64. The Bertz CT molecular complexity index is 706. The van der Waals surface area contributed by atoms with Crippen LogP contribution < -0.4 is 5.32 Å². The summed E-state index contributed by atoms with van der Waals surface area (Å²) in [5.41, 5.74) is 1.09. The molecule has 8 nitrogen and oxygen atoms in total. The van der Waals surface area contributed by atoms with E-state index in [1.807, 2.05) is 0 Å². The van der Waals surface area contributed by atoms with E-state index in [1.54, 1.807) is 36.4 Å². The van der Waals surface area contributed by atoms with Crippen molar-refractivity contribution in [2.75, 3.05) is 19.7 Å². The first kappa shape index (κ1) is 15.3. The molecule has 1 aliphatic heterocycles. The quantitative estimate of drug-likeness (QED) is 0.915. The highest BCUT2D eigenvalue weighted by Crippen LogP contribution is 2.12. The van der Waals surface area contributed by atoms with Crippen LogP contribution in [-0.4, -0.2) is 57.2 Å². The standard InChI is InChI=1S/C15H19N5O3/c1-2-23-15(22)19-9-5-11(6-10-19)18-14(21)12-3-7-16-13-4-8-17-20(12)13/h3-4,7-8,11H,2,5-6,9-10H2,1H3,(H,18,21). The van der Waals surface area contributed by atoms with Crippen molar-refractivity contribution in [3.8, 4) is 0 Å². The monoisotopic (exact) mass is 317 g/mol. The number of amides is 2. The molecular weight excluding hydrogens is 298 g/mol. The maximum atomic E-state index is 12.4. The molecule has 0 atom stereocenters. The zero-order valence-electron chi connectivity index (χ0n) is 12.9. The highest BCUT2D eigenvalue weighted by Gasteiger charge is 2.25. The molecule has 0 spiro atoms. The summed E-state index contributed by atoms with van der Waals surface area (Å²) >= 11 is 0. The summed E-state index contributed by atoms with van der Waals surface area (Å²) in [5, 5.41) is 7.11. The van der Waals surface area contributed by atoms with Gasteiger partial charge in [0, 0.05) is 31.4 Å². The van der Waals surface area contributed by atoms with E-state index in [4.69, 9.17) is 4.74 Å². The molecule has 0 saturated carbocycles. The molecule has 2 amide bonds. The molecule has 0 unspecified atom stereocenters. The van der Waals surface area contributed by atoms with Gasteiger partial charge in [-0.25, -0.2) is 14.3 Å². The fourth-order valence-electron chi connectivity index (χ4n) is 2.69. The lowest BCUT2D eigenvalue weighted by Gasteiger charge is -2.31. The summed E-state index contributed by atoms with van der Waals surface area (Å²) in [4.78, 5) is 29.9. The highest BCUT2D eigenvalue weighted by atomic mass is 16.6. The molecule has 3 heterocycles. The minimum absolute atomic E-state index is 0.0342. The fraction of sp³-hybridized carbons (Fsp3) is 0.467. The second-order valence-electron chi connectivity index (χ2n) is 5.36. The number of hydrogen-bond acceptors (Lipinski definition) is 5. The van der Waals surface area contributed by atoms with Crippen LogP contribution in [-0.2, 0) is 4.74 Å². The van der Waals surface area contributed by atoms with Crippen LogP contribution >= 0.6 is 0 Å². The third-order valence-corrected chi connectivity index (χ3v) is 3.88. The van der Waals surface area contributed by atoms with E-state index in [0.29, 0.717) is 43.9 Å². The Labute approximate surface area is 133 Å². The number of ether oxygens (including phenoxy) is 1. The number of nitrogens with zero attached hydrogens (tertiary/aromatic N) is 4. The molecule has 122 valence electrons. The van der Waals surface area contributed by atoms with Crippen molar-refractivity contribution >= 4 is 17.6 Å². The predicted octanol–water partition coefficient (Wildman–Crippen LogP) is 1.08. The first-order valence-corrected chi connectivity index (χ1v) is 7.70. The number of hydrogen-bond donors (Lipinski definition) is 1. The van der Waals surface area contributed by atoms with Crippen LogP contribution in [0.4, 0.5) is 4.79 Å². The van der Waals surface area contributed by atoms with Gasteiger partial charge in [-0.3, -0.25) is 4.79 Å². The lowest BCUT2D eigenvalue weighted by molar-refractivity contribution is 0.0855. The Morgan fingerprint density at radius 1 is 1.30 bits per heavy atom. The lowest BCUT2D eigenvalue weighted by Crippen LogP contribution is -2.47. The average Bonchev–Trinajstić information content (AvgIpc) is 3.04. The van der Waals surface area contributed by atoms with E-state index in [9.17, 15) is 9.59 Å². The molecule has 1 N–H and O–H groups in total. The molecule has 0 aliphatic carbocycles. The highest BCUT2D eigenvalue weighted by molar-refractivity contribution is 5.93. The topological polar surface area (TPSA) is 88.8 Å². The second-order valence-corrected chi connectivity index (χ2v) is 5.36. The van der Waals surface area contributed by atoms with Crippen molar-refractivity contribution < 1.29 is 14.3 Å². The Balaban J connectivity index is 1.59. The van der Waals surface area contributed by atoms with Gasteiger partial charge in [0.2, 0.25) is 0 Å². The summed E-state index contributed by atoms with van der Waals surface area (Å²) in [6.45, 7) is 3.32. The minimum atomic E-state index is -0.287. The van der Waals surface area contributed by atoms with Crippen molar-refractivity contribution in [1.82, 2.24) is 24.8 Å². The maximum Gasteiger partial charge on any atom is 0.409 e. The van der Waals surface area contributed by atoms with E-state index >= 15 is 0 Å². The van der Waals surface area contributed by atoms with Gasteiger partial charge in [0.25, 0.3) is 5.91 Å². The predicted molar refractivity (Wildman–Crippen MR) is 82.1 cm³/mol. The number of likely N-dealkylation sites (tertiary alicyclic amines) is 1. The van der Waals surface area contributed by atoms with Gasteiger partial charge in [0.1, 0.15) is 5.69 Å². The SMILES string of the molecule is CCOC(=O)N1CCC(NC(=O)c2ccnc3ccnn23)CC1. The molecule has 23 heavy (non-hydrogen) atoms. The lowest BCUT2D eigenvalue weighted by atomic mass is 10.1. The van der Waals surface area contributed by atoms with Gasteiger partial charge in [0.15, 0.2) is 5.65 Å². The number of aromatic nitrogens is 3. The number of nitrogens with one attached hydrogen (secondary N) is 1. The Kier molecular flexibility index (Phi) is 4.40. The number of piperidine rings is 1. The third kappa shape index (κ3) is 3.25. The Morgan fingerprint density at radius 3 is 2.83 bits per heavy atom. The summed E-state index contributed by atoms with van der Waals surface area (Å²) < 4.78 is 6.50. The Morgan fingerprint density at radius 2 is 2.09 bits per heavy atom. The molecule has 2 aromatic heterocycles.